The van der Waals surface area contributed by atoms with Gasteiger partial charge in [-0.2, -0.15) is 0 Å². The monoisotopic (exact) mass is 513 g/mol. The number of likely N-dealkylation sites (tertiary alicyclic amines) is 1. The van der Waals surface area contributed by atoms with Crippen molar-refractivity contribution < 1.29 is 13.6 Å². The molecule has 0 radical (unpaired) electrons. The second-order valence-electron chi connectivity index (χ2n) is 9.82. The van der Waals surface area contributed by atoms with Gasteiger partial charge in [0.1, 0.15) is 5.84 Å². The third kappa shape index (κ3) is 5.53. The number of halogens is 2. The molecule has 8 nitrogen and oxygen atoms in total. The Kier molecular flexibility index (Phi) is 8.26. The highest BCUT2D eigenvalue weighted by Crippen LogP contribution is 2.38. The van der Waals surface area contributed by atoms with Gasteiger partial charge in [0, 0.05) is 87.1 Å². The van der Waals surface area contributed by atoms with E-state index in [0.29, 0.717) is 48.9 Å². The zero-order valence-electron chi connectivity index (χ0n) is 21.9. The number of nitrogens with zero attached hydrogens (tertiary/aromatic N) is 4. The van der Waals surface area contributed by atoms with Crippen LogP contribution in [0.2, 0.25) is 0 Å². The van der Waals surface area contributed by atoms with Crippen LogP contribution in [0.3, 0.4) is 0 Å². The summed E-state index contributed by atoms with van der Waals surface area (Å²) < 4.78 is 28.4. The summed E-state index contributed by atoms with van der Waals surface area (Å²) in [6, 6.07) is 3.57. The summed E-state index contributed by atoms with van der Waals surface area (Å²) in [7, 11) is 1.57. The number of rotatable bonds is 7. The van der Waals surface area contributed by atoms with E-state index in [-0.39, 0.29) is 17.3 Å². The van der Waals surface area contributed by atoms with Crippen molar-refractivity contribution >= 4 is 29.2 Å². The lowest BCUT2D eigenvalue weighted by Gasteiger charge is -2.42. The number of allylic oxidation sites excluding steroid dienone is 1. The Morgan fingerprint density at radius 2 is 2.05 bits per heavy atom. The van der Waals surface area contributed by atoms with E-state index in [1.165, 1.54) is 18.5 Å². The first-order valence-electron chi connectivity index (χ1n) is 12.9. The van der Waals surface area contributed by atoms with Crippen molar-refractivity contribution in [1.29, 1.82) is 5.41 Å². The molecule has 4 rings (SSSR count). The Hall–Kier alpha value is -3.27. The molecule has 37 heavy (non-hydrogen) atoms. The van der Waals surface area contributed by atoms with Crippen LogP contribution in [-0.2, 0) is 11.2 Å². The van der Waals surface area contributed by atoms with Crippen molar-refractivity contribution in [3.05, 3.63) is 46.3 Å². The number of amides is 1. The molecule has 3 aliphatic heterocycles. The lowest BCUT2D eigenvalue weighted by Crippen LogP contribution is -2.58. The first kappa shape index (κ1) is 26.8. The molecule has 0 aromatic heterocycles. The number of anilines is 1. The molecule has 0 spiro atoms. The molecule has 3 aliphatic rings. The number of likely N-dealkylation sites (N-methyl/N-ethyl adjacent to an activating group) is 1. The molecule has 1 saturated heterocycles. The lowest BCUT2D eigenvalue weighted by molar-refractivity contribution is -0.128. The molecular weight excluding hydrogens is 476 g/mol. The number of hydrogen-bond donors (Lipinski definition) is 3. The predicted octanol–water partition coefficient (Wildman–Crippen LogP) is 3.15. The largest absolute Gasteiger partial charge is 0.404 e. The van der Waals surface area contributed by atoms with E-state index in [2.05, 4.69) is 22.1 Å². The summed E-state index contributed by atoms with van der Waals surface area (Å²) in [5.41, 5.74) is 9.66. The maximum atomic E-state index is 14.2. The van der Waals surface area contributed by atoms with Gasteiger partial charge in [-0.1, -0.05) is 6.92 Å². The molecule has 0 atom stereocenters. The molecule has 0 saturated carbocycles. The average Bonchev–Trinajstić information content (AvgIpc) is 2.87. The van der Waals surface area contributed by atoms with E-state index in [9.17, 15) is 19.0 Å². The summed E-state index contributed by atoms with van der Waals surface area (Å²) >= 11 is 0. The van der Waals surface area contributed by atoms with Crippen molar-refractivity contribution in [2.45, 2.75) is 45.6 Å². The van der Waals surface area contributed by atoms with E-state index in [0.717, 1.165) is 49.3 Å². The Morgan fingerprint density at radius 1 is 1.30 bits per heavy atom. The number of nitrogens with two attached hydrogens (primary N) is 1. The molecule has 0 aliphatic carbocycles. The summed E-state index contributed by atoms with van der Waals surface area (Å²) in [5.74, 6) is 0.228. The van der Waals surface area contributed by atoms with Gasteiger partial charge in [0.2, 0.25) is 5.91 Å². The van der Waals surface area contributed by atoms with Gasteiger partial charge in [-0.05, 0) is 42.6 Å². The van der Waals surface area contributed by atoms with E-state index in [4.69, 9.17) is 5.73 Å². The molecule has 200 valence electrons. The molecule has 0 bridgehead atoms. The zero-order chi connectivity index (χ0) is 26.7. The topological polar surface area (TPSA) is 101 Å². The number of amidine groups is 1. The maximum Gasteiger partial charge on any atom is 0.264 e. The number of benzene rings is 1. The Bertz CT molecular complexity index is 1140. The van der Waals surface area contributed by atoms with E-state index >= 15 is 0 Å². The second kappa shape index (κ2) is 11.4. The first-order chi connectivity index (χ1) is 17.8. The Morgan fingerprint density at radius 3 is 2.68 bits per heavy atom. The van der Waals surface area contributed by atoms with Crippen molar-refractivity contribution in [1.82, 2.24) is 15.1 Å². The molecule has 4 N–H and O–H groups in total. The maximum absolute atomic E-state index is 14.2. The minimum atomic E-state index is -2.71. The van der Waals surface area contributed by atoms with Crippen molar-refractivity contribution in [3.63, 3.8) is 0 Å². The van der Waals surface area contributed by atoms with E-state index in [1.807, 2.05) is 4.90 Å². The number of alkyl halides is 2. The summed E-state index contributed by atoms with van der Waals surface area (Å²) in [4.78, 5) is 22.1. The molecule has 10 heteroatoms. The molecule has 0 unspecified atom stereocenters. The number of nitrogens with one attached hydrogen (secondary N) is 2. The highest BCUT2D eigenvalue weighted by molar-refractivity contribution is 6.12. The van der Waals surface area contributed by atoms with Crippen LogP contribution in [-0.4, -0.2) is 80.1 Å². The molecule has 1 amide bonds. The zero-order valence-corrected chi connectivity index (χ0v) is 21.9. The summed E-state index contributed by atoms with van der Waals surface area (Å²) in [6.45, 7) is 8.05. The lowest BCUT2D eigenvalue weighted by atomic mass is 9.91. The Labute approximate surface area is 217 Å². The van der Waals surface area contributed by atoms with Gasteiger partial charge in [0.25, 0.3) is 6.43 Å². The summed E-state index contributed by atoms with van der Waals surface area (Å²) in [6.07, 6.45) is 2.21. The van der Waals surface area contributed by atoms with Gasteiger partial charge >= 0.3 is 0 Å². The van der Waals surface area contributed by atoms with Crippen LogP contribution in [0.5, 0.6) is 0 Å². The van der Waals surface area contributed by atoms with Crippen LogP contribution in [0, 0.1) is 5.41 Å². The number of aryl methyl sites for hydroxylation is 1. The predicted molar refractivity (Wildman–Crippen MR) is 144 cm³/mol. The minimum absolute atomic E-state index is 0.0347. The van der Waals surface area contributed by atoms with Gasteiger partial charge in [-0.3, -0.25) is 20.1 Å². The number of fused-ring (bicyclic) bond motifs is 1. The SMILES string of the molecule is CCN1CC(NC2=C(C(=N)N3CCCc4cc(/C(C=NC)=C/N)c(C(F)F)cc43)CN(C(C)=O)CC2)C1. The third-order valence-electron chi connectivity index (χ3n) is 7.49. The Balaban J connectivity index is 1.71. The number of carbonyl (C=O) groups excluding carboxylic acids is 1. The number of carbonyl (C=O) groups is 1. The number of hydrogen-bond acceptors (Lipinski definition) is 6. The van der Waals surface area contributed by atoms with E-state index in [1.54, 1.807) is 24.9 Å². The van der Waals surface area contributed by atoms with Crippen LogP contribution >= 0.6 is 0 Å². The quantitative estimate of drug-likeness (QED) is 0.384. The normalized spacial score (nSPS) is 19.5. The van der Waals surface area contributed by atoms with Gasteiger partial charge in [0.05, 0.1) is 12.6 Å². The fourth-order valence-corrected chi connectivity index (χ4v) is 5.39. The molecule has 1 aromatic carbocycles. The molecule has 3 heterocycles. The molecular formula is C27H37F2N7O. The third-order valence-corrected chi connectivity index (χ3v) is 7.49. The van der Waals surface area contributed by atoms with Gasteiger partial charge in [0.15, 0.2) is 0 Å². The van der Waals surface area contributed by atoms with Crippen LogP contribution < -0.4 is 16.0 Å². The van der Waals surface area contributed by atoms with Crippen molar-refractivity contribution in [2.24, 2.45) is 10.7 Å². The number of aliphatic imine (C=N–C) groups is 1. The van der Waals surface area contributed by atoms with Crippen LogP contribution in [0.4, 0.5) is 14.5 Å². The van der Waals surface area contributed by atoms with Crippen LogP contribution in [0.1, 0.15) is 49.8 Å². The standard InChI is InChI=1S/C27H37F2N7O/c1-4-34-14-20(15-34)33-24-7-9-35(17(2)37)16-23(24)27(31)36-8-5-6-18-10-21(19(12-30)13-32-3)22(26(28)29)11-25(18)36/h10-13,20,26,31,33H,4-9,14-16,30H2,1-3H3/b19-12+,31-27?,32-13?. The van der Waals surface area contributed by atoms with E-state index < -0.39 is 6.43 Å². The first-order valence-corrected chi connectivity index (χ1v) is 12.9. The highest BCUT2D eigenvalue weighted by atomic mass is 19.3. The fraction of sp³-hybridized carbons (Fsp3) is 0.519. The minimum Gasteiger partial charge on any atom is -0.404 e. The van der Waals surface area contributed by atoms with Crippen molar-refractivity contribution in [2.75, 3.05) is 51.2 Å². The van der Waals surface area contributed by atoms with Gasteiger partial charge in [-0.25, -0.2) is 8.78 Å². The highest BCUT2D eigenvalue weighted by Gasteiger charge is 2.33. The smallest absolute Gasteiger partial charge is 0.264 e. The second-order valence-corrected chi connectivity index (χ2v) is 9.82. The van der Waals surface area contributed by atoms with Gasteiger partial charge in [-0.15, -0.1) is 0 Å². The van der Waals surface area contributed by atoms with Crippen LogP contribution in [0.15, 0.2) is 34.6 Å². The van der Waals surface area contributed by atoms with Gasteiger partial charge < -0.3 is 20.9 Å². The van der Waals surface area contributed by atoms with Crippen molar-refractivity contribution in [3.8, 4) is 0 Å². The fourth-order valence-electron chi connectivity index (χ4n) is 5.39. The average molecular weight is 514 g/mol. The van der Waals surface area contributed by atoms with Crippen LogP contribution in [0.25, 0.3) is 5.57 Å². The molecule has 1 fully saturated rings. The summed E-state index contributed by atoms with van der Waals surface area (Å²) in [5, 5.41) is 12.8. The molecule has 1 aromatic rings.